The summed E-state index contributed by atoms with van der Waals surface area (Å²) >= 11 is 6.21. The molecule has 0 saturated carbocycles. The molecule has 2 aromatic heterocycles. The molecule has 0 unspecified atom stereocenters. The molecule has 5 heteroatoms. The minimum absolute atomic E-state index is 0.297. The van der Waals surface area contributed by atoms with E-state index in [1.807, 2.05) is 11.6 Å². The number of nitrogens with one attached hydrogen (secondary N) is 1. The summed E-state index contributed by atoms with van der Waals surface area (Å²) in [7, 11) is 0. The van der Waals surface area contributed by atoms with E-state index in [0.29, 0.717) is 22.6 Å². The number of imidazole rings is 1. The van der Waals surface area contributed by atoms with Gasteiger partial charge in [-0.1, -0.05) is 11.6 Å². The van der Waals surface area contributed by atoms with Crippen LogP contribution in [0.15, 0.2) is 12.4 Å². The Morgan fingerprint density at radius 2 is 2.20 bits per heavy atom. The van der Waals surface area contributed by atoms with Crippen LogP contribution < -0.4 is 0 Å². The average Bonchev–Trinajstić information content (AvgIpc) is 2.77. The van der Waals surface area contributed by atoms with Gasteiger partial charge < -0.3 is 4.98 Å². The second kappa shape index (κ2) is 3.70. The molecular formula is C10H13ClN4. The number of hydrogen-bond acceptors (Lipinski definition) is 2. The fourth-order valence-corrected chi connectivity index (χ4v) is 1.76. The monoisotopic (exact) mass is 224 g/mol. The maximum atomic E-state index is 6.21. The molecule has 15 heavy (non-hydrogen) atoms. The maximum Gasteiger partial charge on any atom is 0.159 e. The number of rotatable bonds is 2. The van der Waals surface area contributed by atoms with Crippen molar-refractivity contribution in [3.8, 4) is 11.5 Å². The van der Waals surface area contributed by atoms with E-state index in [0.717, 1.165) is 5.69 Å². The third-order valence-corrected chi connectivity index (χ3v) is 2.74. The third-order valence-electron chi connectivity index (χ3n) is 2.29. The fraction of sp³-hybridized carbons (Fsp3) is 0.400. The molecule has 2 aromatic rings. The first-order valence-corrected chi connectivity index (χ1v) is 5.23. The Bertz CT molecular complexity index is 456. The molecule has 4 nitrogen and oxygen atoms in total. The molecule has 0 aliphatic heterocycles. The lowest BCUT2D eigenvalue weighted by atomic mass is 10.3. The molecule has 0 fully saturated rings. The van der Waals surface area contributed by atoms with E-state index < -0.39 is 0 Å². The van der Waals surface area contributed by atoms with Gasteiger partial charge in [0.2, 0.25) is 0 Å². The highest BCUT2D eigenvalue weighted by Crippen LogP contribution is 2.28. The topological polar surface area (TPSA) is 46.5 Å². The lowest BCUT2D eigenvalue weighted by molar-refractivity contribution is 0.520. The quantitative estimate of drug-likeness (QED) is 0.853. The molecule has 80 valence electrons. The van der Waals surface area contributed by atoms with Crippen LogP contribution in [0.25, 0.3) is 11.5 Å². The van der Waals surface area contributed by atoms with Gasteiger partial charge in [0.15, 0.2) is 5.82 Å². The summed E-state index contributed by atoms with van der Waals surface area (Å²) in [6, 6.07) is 0.297. The molecule has 0 aliphatic carbocycles. The van der Waals surface area contributed by atoms with E-state index in [4.69, 9.17) is 11.6 Å². The van der Waals surface area contributed by atoms with Gasteiger partial charge in [-0.2, -0.15) is 5.10 Å². The molecule has 2 rings (SSSR count). The molecule has 0 saturated heterocycles. The summed E-state index contributed by atoms with van der Waals surface area (Å²) in [4.78, 5) is 7.15. The zero-order valence-electron chi connectivity index (χ0n) is 8.95. The van der Waals surface area contributed by atoms with Crippen LogP contribution in [0.1, 0.15) is 25.6 Å². The van der Waals surface area contributed by atoms with Crippen LogP contribution in [0, 0.1) is 6.92 Å². The van der Waals surface area contributed by atoms with Crippen molar-refractivity contribution in [2.45, 2.75) is 26.8 Å². The molecule has 0 bridgehead atoms. The van der Waals surface area contributed by atoms with Gasteiger partial charge in [0.25, 0.3) is 0 Å². The summed E-state index contributed by atoms with van der Waals surface area (Å²) in [5.74, 6) is 0.711. The number of hydrogen-bond donors (Lipinski definition) is 1. The lowest BCUT2D eigenvalue weighted by Crippen LogP contribution is -2.04. The smallest absolute Gasteiger partial charge is 0.159 e. The molecule has 0 radical (unpaired) electrons. The molecule has 0 aliphatic rings. The SMILES string of the molecule is Cc1c(Cl)c(-c2ncc[nH]2)nn1C(C)C. The van der Waals surface area contributed by atoms with Crippen molar-refractivity contribution >= 4 is 11.6 Å². The van der Waals surface area contributed by atoms with Crippen LogP contribution in [0.5, 0.6) is 0 Å². The van der Waals surface area contributed by atoms with E-state index in [2.05, 4.69) is 28.9 Å². The Hall–Kier alpha value is -1.29. The van der Waals surface area contributed by atoms with E-state index in [1.165, 1.54) is 0 Å². The third kappa shape index (κ3) is 1.65. The average molecular weight is 225 g/mol. The van der Waals surface area contributed by atoms with Crippen LogP contribution in [-0.2, 0) is 0 Å². The van der Waals surface area contributed by atoms with Crippen molar-refractivity contribution in [1.29, 1.82) is 0 Å². The summed E-state index contributed by atoms with van der Waals surface area (Å²) in [5.41, 5.74) is 1.69. The molecular weight excluding hydrogens is 212 g/mol. The summed E-state index contributed by atoms with van der Waals surface area (Å²) < 4.78 is 1.90. The Morgan fingerprint density at radius 1 is 1.47 bits per heavy atom. The second-order valence-electron chi connectivity index (χ2n) is 3.72. The summed E-state index contributed by atoms with van der Waals surface area (Å²) in [6.07, 6.45) is 3.45. The van der Waals surface area contributed by atoms with Crippen molar-refractivity contribution in [1.82, 2.24) is 19.7 Å². The van der Waals surface area contributed by atoms with Gasteiger partial charge in [-0.3, -0.25) is 4.68 Å². The standard InChI is InChI=1S/C10H13ClN4/c1-6(2)15-7(3)8(11)9(14-15)10-12-4-5-13-10/h4-6H,1-3H3,(H,12,13). The van der Waals surface area contributed by atoms with Crippen LogP contribution >= 0.6 is 11.6 Å². The van der Waals surface area contributed by atoms with Gasteiger partial charge in [-0.05, 0) is 20.8 Å². The van der Waals surface area contributed by atoms with Gasteiger partial charge in [0, 0.05) is 18.4 Å². The molecule has 0 amide bonds. The normalized spacial score (nSPS) is 11.3. The van der Waals surface area contributed by atoms with Crippen molar-refractivity contribution in [3.05, 3.63) is 23.1 Å². The van der Waals surface area contributed by atoms with Gasteiger partial charge in [0.1, 0.15) is 5.69 Å². The number of halogens is 1. The van der Waals surface area contributed by atoms with Crippen LogP contribution in [-0.4, -0.2) is 19.7 Å². The predicted octanol–water partition coefficient (Wildman–Crippen LogP) is 2.82. The first kappa shape index (κ1) is 10.2. The van der Waals surface area contributed by atoms with Crippen molar-refractivity contribution in [2.24, 2.45) is 0 Å². The first-order valence-electron chi connectivity index (χ1n) is 4.85. The minimum atomic E-state index is 0.297. The molecule has 0 aromatic carbocycles. The van der Waals surface area contributed by atoms with Crippen molar-refractivity contribution in [3.63, 3.8) is 0 Å². The molecule has 1 N–H and O–H groups in total. The van der Waals surface area contributed by atoms with Crippen molar-refractivity contribution < 1.29 is 0 Å². The van der Waals surface area contributed by atoms with E-state index >= 15 is 0 Å². The van der Waals surface area contributed by atoms with Crippen LogP contribution in [0.4, 0.5) is 0 Å². The lowest BCUT2D eigenvalue weighted by Gasteiger charge is -2.06. The molecule has 0 atom stereocenters. The Labute approximate surface area is 93.3 Å². The van der Waals surface area contributed by atoms with E-state index in [1.54, 1.807) is 12.4 Å². The fourth-order valence-electron chi connectivity index (χ4n) is 1.55. The second-order valence-corrected chi connectivity index (χ2v) is 4.10. The van der Waals surface area contributed by atoms with Crippen LogP contribution in [0.2, 0.25) is 5.02 Å². The number of aromatic amines is 1. The molecule has 2 heterocycles. The largest absolute Gasteiger partial charge is 0.343 e. The summed E-state index contributed by atoms with van der Waals surface area (Å²) in [6.45, 7) is 6.10. The summed E-state index contributed by atoms with van der Waals surface area (Å²) in [5, 5.41) is 5.11. The van der Waals surface area contributed by atoms with Crippen LogP contribution in [0.3, 0.4) is 0 Å². The zero-order valence-corrected chi connectivity index (χ0v) is 9.71. The molecule has 0 spiro atoms. The zero-order chi connectivity index (χ0) is 11.0. The predicted molar refractivity (Wildman–Crippen MR) is 59.9 cm³/mol. The van der Waals surface area contributed by atoms with E-state index in [-0.39, 0.29) is 0 Å². The van der Waals surface area contributed by atoms with Gasteiger partial charge in [-0.25, -0.2) is 4.98 Å². The Balaban J connectivity index is 2.55. The van der Waals surface area contributed by atoms with Crippen molar-refractivity contribution in [2.75, 3.05) is 0 Å². The van der Waals surface area contributed by atoms with Gasteiger partial charge >= 0.3 is 0 Å². The first-order chi connectivity index (χ1) is 7.11. The number of H-pyrrole nitrogens is 1. The Morgan fingerprint density at radius 3 is 2.67 bits per heavy atom. The van der Waals surface area contributed by atoms with Gasteiger partial charge in [0.05, 0.1) is 10.7 Å². The highest BCUT2D eigenvalue weighted by Gasteiger charge is 2.17. The van der Waals surface area contributed by atoms with E-state index in [9.17, 15) is 0 Å². The highest BCUT2D eigenvalue weighted by molar-refractivity contribution is 6.33. The highest BCUT2D eigenvalue weighted by atomic mass is 35.5. The van der Waals surface area contributed by atoms with Gasteiger partial charge in [-0.15, -0.1) is 0 Å². The Kier molecular flexibility index (Phi) is 2.52. The minimum Gasteiger partial charge on any atom is -0.343 e. The number of aromatic nitrogens is 4. The maximum absolute atomic E-state index is 6.21. The number of nitrogens with zero attached hydrogens (tertiary/aromatic N) is 3.